The number of rotatable bonds is 6. The van der Waals surface area contributed by atoms with E-state index in [0.29, 0.717) is 11.7 Å². The van der Waals surface area contributed by atoms with Crippen LogP contribution in [0.5, 0.6) is 5.75 Å². The summed E-state index contributed by atoms with van der Waals surface area (Å²) < 4.78 is 1.54. The maximum absolute atomic E-state index is 12.3. The average molecular weight is 361 g/mol. The first-order chi connectivity index (χ1) is 11.6. The van der Waals surface area contributed by atoms with E-state index in [2.05, 4.69) is 15.5 Å². The van der Waals surface area contributed by atoms with Gasteiger partial charge in [-0.25, -0.2) is 0 Å². The van der Waals surface area contributed by atoms with Crippen LogP contribution >= 0.6 is 23.1 Å². The molecule has 0 spiro atoms. The minimum absolute atomic E-state index is 0.00598. The number of aromatic hydroxyl groups is 1. The highest BCUT2D eigenvalue weighted by Crippen LogP contribution is 2.20. The second-order valence-corrected chi connectivity index (χ2v) is 6.78. The fraction of sp³-hybridized carbons (Fsp3) is 0.200. The van der Waals surface area contributed by atoms with Crippen LogP contribution < -0.4 is 0 Å². The van der Waals surface area contributed by atoms with Crippen molar-refractivity contribution < 1.29 is 9.90 Å². The molecule has 7 nitrogen and oxygen atoms in total. The number of thiophene rings is 1. The van der Waals surface area contributed by atoms with Gasteiger partial charge in [0.2, 0.25) is 11.1 Å². The number of phenols is 1. The van der Waals surface area contributed by atoms with Gasteiger partial charge < -0.3 is 10.0 Å². The SMILES string of the molecule is CN(Cc1ccsc1)C(=O)CSc1nnnn1-c1ccc(O)cc1. The largest absolute Gasteiger partial charge is 0.508 e. The molecule has 0 aliphatic rings. The fourth-order valence-corrected chi connectivity index (χ4v) is 3.50. The molecule has 24 heavy (non-hydrogen) atoms. The molecule has 0 radical (unpaired) electrons. The number of aromatic nitrogens is 4. The smallest absolute Gasteiger partial charge is 0.233 e. The molecule has 2 aromatic heterocycles. The van der Waals surface area contributed by atoms with Gasteiger partial charge in [0.15, 0.2) is 0 Å². The van der Waals surface area contributed by atoms with Gasteiger partial charge in [-0.2, -0.15) is 16.0 Å². The molecular formula is C15H15N5O2S2. The van der Waals surface area contributed by atoms with Gasteiger partial charge in [0.25, 0.3) is 0 Å². The average Bonchev–Trinajstić information content (AvgIpc) is 3.25. The quantitative estimate of drug-likeness (QED) is 0.678. The predicted molar refractivity (Wildman–Crippen MR) is 92.3 cm³/mol. The molecule has 3 aromatic rings. The van der Waals surface area contributed by atoms with Gasteiger partial charge in [0, 0.05) is 13.6 Å². The molecule has 1 aromatic carbocycles. The Labute approximate surface area is 146 Å². The lowest BCUT2D eigenvalue weighted by Gasteiger charge is -2.15. The van der Waals surface area contributed by atoms with Gasteiger partial charge in [-0.15, -0.1) is 5.10 Å². The van der Waals surface area contributed by atoms with Crippen molar-refractivity contribution in [2.24, 2.45) is 0 Å². The molecule has 1 amide bonds. The summed E-state index contributed by atoms with van der Waals surface area (Å²) >= 11 is 2.89. The van der Waals surface area contributed by atoms with Gasteiger partial charge in [0.1, 0.15) is 5.75 Å². The minimum Gasteiger partial charge on any atom is -0.508 e. The number of thioether (sulfide) groups is 1. The van der Waals surface area contributed by atoms with Crippen molar-refractivity contribution in [3.8, 4) is 11.4 Å². The third-order valence-corrected chi connectivity index (χ3v) is 4.92. The maximum Gasteiger partial charge on any atom is 0.233 e. The fourth-order valence-electron chi connectivity index (χ4n) is 2.01. The van der Waals surface area contributed by atoms with Crippen LogP contribution in [-0.2, 0) is 11.3 Å². The third kappa shape index (κ3) is 3.92. The molecule has 0 atom stereocenters. The van der Waals surface area contributed by atoms with E-state index in [1.807, 2.05) is 16.8 Å². The van der Waals surface area contributed by atoms with Crippen molar-refractivity contribution in [2.45, 2.75) is 11.7 Å². The third-order valence-electron chi connectivity index (χ3n) is 3.29. The summed E-state index contributed by atoms with van der Waals surface area (Å²) in [5.74, 6) is 0.428. The molecule has 0 fully saturated rings. The van der Waals surface area contributed by atoms with E-state index in [1.54, 1.807) is 47.5 Å². The second kappa shape index (κ2) is 7.45. The summed E-state index contributed by atoms with van der Waals surface area (Å²) in [6, 6.07) is 8.55. The Morgan fingerprint density at radius 2 is 2.12 bits per heavy atom. The summed E-state index contributed by atoms with van der Waals surface area (Å²) in [6.07, 6.45) is 0. The van der Waals surface area contributed by atoms with Crippen molar-refractivity contribution in [1.82, 2.24) is 25.1 Å². The monoisotopic (exact) mass is 361 g/mol. The zero-order valence-electron chi connectivity index (χ0n) is 12.9. The van der Waals surface area contributed by atoms with E-state index < -0.39 is 0 Å². The van der Waals surface area contributed by atoms with Crippen LogP contribution in [0.3, 0.4) is 0 Å². The van der Waals surface area contributed by atoms with Gasteiger partial charge in [-0.3, -0.25) is 4.79 Å². The Balaban J connectivity index is 1.62. The van der Waals surface area contributed by atoms with Gasteiger partial charge >= 0.3 is 0 Å². The van der Waals surface area contributed by atoms with Crippen LogP contribution in [0, 0.1) is 0 Å². The van der Waals surface area contributed by atoms with Crippen molar-refractivity contribution in [2.75, 3.05) is 12.8 Å². The molecule has 0 aliphatic heterocycles. The number of benzene rings is 1. The number of hydrogen-bond donors (Lipinski definition) is 1. The minimum atomic E-state index is 0.00598. The maximum atomic E-state index is 12.3. The van der Waals surface area contributed by atoms with E-state index in [4.69, 9.17) is 0 Å². The number of amides is 1. The molecule has 0 aliphatic carbocycles. The van der Waals surface area contributed by atoms with Crippen LogP contribution in [0.4, 0.5) is 0 Å². The molecule has 124 valence electrons. The first-order valence-corrected chi connectivity index (χ1v) is 9.02. The van der Waals surface area contributed by atoms with E-state index in [1.165, 1.54) is 16.4 Å². The van der Waals surface area contributed by atoms with Crippen molar-refractivity contribution >= 4 is 29.0 Å². The van der Waals surface area contributed by atoms with E-state index >= 15 is 0 Å². The van der Waals surface area contributed by atoms with Crippen molar-refractivity contribution in [3.05, 3.63) is 46.7 Å². The van der Waals surface area contributed by atoms with E-state index in [9.17, 15) is 9.90 Å². The van der Waals surface area contributed by atoms with Gasteiger partial charge in [-0.05, 0) is 57.1 Å². The molecule has 1 N–H and O–H groups in total. The summed E-state index contributed by atoms with van der Waals surface area (Å²) in [5, 5.41) is 25.4. The number of nitrogens with zero attached hydrogens (tertiary/aromatic N) is 5. The Hall–Kier alpha value is -2.39. The topological polar surface area (TPSA) is 84.1 Å². The van der Waals surface area contributed by atoms with Gasteiger partial charge in [-0.1, -0.05) is 11.8 Å². The normalized spacial score (nSPS) is 10.7. The zero-order valence-corrected chi connectivity index (χ0v) is 14.5. The first kappa shape index (κ1) is 16.5. The van der Waals surface area contributed by atoms with Crippen molar-refractivity contribution in [1.29, 1.82) is 0 Å². The second-order valence-electron chi connectivity index (χ2n) is 5.06. The number of carbonyl (C=O) groups excluding carboxylic acids is 1. The summed E-state index contributed by atoms with van der Waals surface area (Å²) in [4.78, 5) is 13.9. The highest BCUT2D eigenvalue weighted by atomic mass is 32.2. The summed E-state index contributed by atoms with van der Waals surface area (Å²) in [7, 11) is 1.78. The molecule has 0 saturated carbocycles. The number of tetrazole rings is 1. The number of phenolic OH excluding ortho intramolecular Hbond substituents is 1. The Morgan fingerprint density at radius 3 is 2.83 bits per heavy atom. The molecule has 9 heteroatoms. The lowest BCUT2D eigenvalue weighted by Crippen LogP contribution is -2.27. The summed E-state index contributed by atoms with van der Waals surface area (Å²) in [5.41, 5.74) is 1.84. The van der Waals surface area contributed by atoms with Gasteiger partial charge in [0.05, 0.1) is 11.4 Å². The van der Waals surface area contributed by atoms with Crippen LogP contribution in [0.25, 0.3) is 5.69 Å². The van der Waals surface area contributed by atoms with Crippen LogP contribution in [0.1, 0.15) is 5.56 Å². The summed E-state index contributed by atoms with van der Waals surface area (Å²) in [6.45, 7) is 0.589. The Kier molecular flexibility index (Phi) is 5.11. The van der Waals surface area contributed by atoms with Crippen LogP contribution in [0.2, 0.25) is 0 Å². The molecule has 2 heterocycles. The highest BCUT2D eigenvalue weighted by Gasteiger charge is 2.14. The zero-order chi connectivity index (χ0) is 16.9. The Bertz CT molecular complexity index is 802. The lowest BCUT2D eigenvalue weighted by molar-refractivity contribution is -0.127. The highest BCUT2D eigenvalue weighted by molar-refractivity contribution is 7.99. The number of carbonyl (C=O) groups is 1. The molecule has 0 unspecified atom stereocenters. The standard InChI is InChI=1S/C15H15N5O2S2/c1-19(8-11-6-7-23-9-11)14(22)10-24-15-16-17-18-20(15)12-2-4-13(21)5-3-12/h2-7,9,21H,8,10H2,1H3. The Morgan fingerprint density at radius 1 is 1.33 bits per heavy atom. The van der Waals surface area contributed by atoms with E-state index in [0.717, 1.165) is 11.3 Å². The molecule has 0 saturated heterocycles. The van der Waals surface area contributed by atoms with Crippen LogP contribution in [-0.4, -0.2) is 48.9 Å². The van der Waals surface area contributed by atoms with E-state index in [-0.39, 0.29) is 17.4 Å². The molecular weight excluding hydrogens is 346 g/mol. The lowest BCUT2D eigenvalue weighted by atomic mass is 10.3. The predicted octanol–water partition coefficient (Wildman–Crippen LogP) is 2.18. The molecule has 0 bridgehead atoms. The number of hydrogen-bond acceptors (Lipinski definition) is 7. The van der Waals surface area contributed by atoms with Crippen LogP contribution in [0.15, 0.2) is 46.2 Å². The van der Waals surface area contributed by atoms with Crippen molar-refractivity contribution in [3.63, 3.8) is 0 Å². The molecule has 3 rings (SSSR count). The first-order valence-electron chi connectivity index (χ1n) is 7.09.